The maximum absolute atomic E-state index is 12.7. The molecule has 1 aliphatic rings. The first-order valence-corrected chi connectivity index (χ1v) is 10.5. The van der Waals surface area contributed by atoms with E-state index in [1.165, 1.54) is 9.80 Å². The van der Waals surface area contributed by atoms with E-state index in [0.29, 0.717) is 6.54 Å². The molecule has 1 aromatic carbocycles. The van der Waals surface area contributed by atoms with Crippen LogP contribution >= 0.6 is 0 Å². The van der Waals surface area contributed by atoms with Gasteiger partial charge in [0.25, 0.3) is 5.91 Å². The van der Waals surface area contributed by atoms with Gasteiger partial charge in [-0.2, -0.15) is 5.10 Å². The van der Waals surface area contributed by atoms with Gasteiger partial charge in [-0.05, 0) is 32.9 Å². The molecule has 0 unspecified atom stereocenters. The van der Waals surface area contributed by atoms with Crippen molar-refractivity contribution >= 4 is 11.6 Å². The van der Waals surface area contributed by atoms with Gasteiger partial charge in [0.2, 0.25) is 0 Å². The molecule has 3 N–H and O–H groups in total. The number of para-hydroxylation sites is 1. The monoisotopic (exact) mass is 410 g/mol. The molecular weight excluding hydrogens is 380 g/mol. The number of aromatic nitrogens is 3. The fraction of sp³-hybridized carbons (Fsp3) is 0.409. The van der Waals surface area contributed by atoms with Crippen molar-refractivity contribution in [2.75, 3.05) is 38.0 Å². The summed E-state index contributed by atoms with van der Waals surface area (Å²) in [5.41, 5.74) is 4.58. The maximum atomic E-state index is 12.7. The van der Waals surface area contributed by atoms with Crippen LogP contribution in [0.5, 0.6) is 0 Å². The van der Waals surface area contributed by atoms with Crippen LogP contribution in [0.1, 0.15) is 22.8 Å². The van der Waals surface area contributed by atoms with Crippen LogP contribution in [-0.2, 0) is 11.3 Å². The van der Waals surface area contributed by atoms with Crippen LogP contribution in [0.2, 0.25) is 0 Å². The Kier molecular flexibility index (Phi) is 5.96. The average molecular weight is 411 g/mol. The lowest BCUT2D eigenvalue weighted by Crippen LogP contribution is -3.28. The number of carbonyl (C=O) groups excluding carboxylic acids is 1. The van der Waals surface area contributed by atoms with Gasteiger partial charge in [0.05, 0.1) is 22.8 Å². The van der Waals surface area contributed by atoms with Crippen molar-refractivity contribution in [2.24, 2.45) is 0 Å². The third kappa shape index (κ3) is 4.60. The lowest BCUT2D eigenvalue weighted by atomic mass is 10.2. The van der Waals surface area contributed by atoms with E-state index in [4.69, 9.17) is 4.52 Å². The Bertz CT molecular complexity index is 1000. The van der Waals surface area contributed by atoms with Gasteiger partial charge < -0.3 is 19.6 Å². The van der Waals surface area contributed by atoms with E-state index in [1.807, 2.05) is 61.9 Å². The molecule has 158 valence electrons. The van der Waals surface area contributed by atoms with Crippen molar-refractivity contribution in [1.29, 1.82) is 0 Å². The quantitative estimate of drug-likeness (QED) is 0.522. The van der Waals surface area contributed by atoms with Crippen molar-refractivity contribution in [3.63, 3.8) is 0 Å². The van der Waals surface area contributed by atoms with Crippen molar-refractivity contribution in [2.45, 2.75) is 27.3 Å². The molecule has 1 amide bonds. The van der Waals surface area contributed by atoms with E-state index < -0.39 is 0 Å². The number of hydrogen-bond acceptors (Lipinski definition) is 4. The lowest BCUT2D eigenvalue weighted by molar-refractivity contribution is -1.02. The van der Waals surface area contributed by atoms with Crippen LogP contribution in [0.3, 0.4) is 0 Å². The Morgan fingerprint density at radius 1 is 1.10 bits per heavy atom. The van der Waals surface area contributed by atoms with Gasteiger partial charge in [0.15, 0.2) is 6.54 Å². The number of benzene rings is 1. The Hall–Kier alpha value is -2.97. The summed E-state index contributed by atoms with van der Waals surface area (Å²) in [5, 5.41) is 11.8. The summed E-state index contributed by atoms with van der Waals surface area (Å²) in [6, 6.07) is 12.0. The first-order valence-electron chi connectivity index (χ1n) is 10.5. The molecule has 2 aromatic heterocycles. The Morgan fingerprint density at radius 2 is 1.80 bits per heavy atom. The second-order valence-corrected chi connectivity index (χ2v) is 8.12. The summed E-state index contributed by atoms with van der Waals surface area (Å²) >= 11 is 0. The van der Waals surface area contributed by atoms with Gasteiger partial charge in [0.1, 0.15) is 44.2 Å². The molecule has 0 saturated carbocycles. The molecule has 0 radical (unpaired) electrons. The molecule has 1 fully saturated rings. The maximum Gasteiger partial charge on any atom is 0.279 e. The molecule has 8 nitrogen and oxygen atoms in total. The topological polar surface area (TPSA) is 81.8 Å². The Balaban J connectivity index is 1.31. The summed E-state index contributed by atoms with van der Waals surface area (Å²) in [4.78, 5) is 15.5. The van der Waals surface area contributed by atoms with E-state index in [1.54, 1.807) is 0 Å². The van der Waals surface area contributed by atoms with Crippen LogP contribution in [0, 0.1) is 20.8 Å². The van der Waals surface area contributed by atoms with Crippen molar-refractivity contribution in [3.05, 3.63) is 59.2 Å². The van der Waals surface area contributed by atoms with Gasteiger partial charge in [-0.15, -0.1) is 0 Å². The van der Waals surface area contributed by atoms with Gasteiger partial charge in [-0.1, -0.05) is 23.4 Å². The number of nitrogens with zero attached hydrogens (tertiary/aromatic N) is 3. The summed E-state index contributed by atoms with van der Waals surface area (Å²) in [7, 11) is 0. The summed E-state index contributed by atoms with van der Waals surface area (Å²) in [6.45, 7) is 11.2. The van der Waals surface area contributed by atoms with E-state index in [9.17, 15) is 4.79 Å². The first-order chi connectivity index (χ1) is 14.5. The molecule has 0 atom stereocenters. The zero-order valence-electron chi connectivity index (χ0n) is 17.9. The van der Waals surface area contributed by atoms with Crippen molar-refractivity contribution in [1.82, 2.24) is 14.9 Å². The van der Waals surface area contributed by atoms with Crippen LogP contribution in [0.15, 0.2) is 40.9 Å². The minimum atomic E-state index is 0.0411. The van der Waals surface area contributed by atoms with Crippen LogP contribution in [0.4, 0.5) is 5.69 Å². The average Bonchev–Trinajstić information content (AvgIpc) is 3.27. The zero-order valence-corrected chi connectivity index (χ0v) is 17.9. The van der Waals surface area contributed by atoms with Crippen molar-refractivity contribution in [3.8, 4) is 5.69 Å². The number of carbonyl (C=O) groups is 1. The highest BCUT2D eigenvalue weighted by Crippen LogP contribution is 2.22. The molecule has 4 rings (SSSR count). The van der Waals surface area contributed by atoms with E-state index in [-0.39, 0.29) is 5.91 Å². The third-order valence-corrected chi connectivity index (χ3v) is 5.74. The number of amides is 1. The van der Waals surface area contributed by atoms with Gasteiger partial charge in [-0.25, -0.2) is 4.68 Å². The molecule has 30 heavy (non-hydrogen) atoms. The lowest BCUT2D eigenvalue weighted by Gasteiger charge is -2.28. The summed E-state index contributed by atoms with van der Waals surface area (Å²) in [5.74, 6) is 0.894. The number of aryl methyl sites for hydroxylation is 2. The van der Waals surface area contributed by atoms with E-state index >= 15 is 0 Å². The molecule has 3 aromatic rings. The number of hydrogen-bond donors (Lipinski definition) is 3. The Morgan fingerprint density at radius 3 is 2.47 bits per heavy atom. The molecule has 0 spiro atoms. The largest absolute Gasteiger partial charge is 0.361 e. The standard InChI is InChI=1S/C22H28N6O2/c1-16-13-19(25-30-16)14-26-9-11-27(12-10-26)15-21(29)23-22-17(2)24-28(18(22)3)20-7-5-4-6-8-20/h4-8,13H,9-12,14-15H2,1-3H3,(H,23,29)/p+2. The van der Waals surface area contributed by atoms with Gasteiger partial charge in [-0.3, -0.25) is 4.79 Å². The fourth-order valence-electron chi connectivity index (χ4n) is 4.12. The van der Waals surface area contributed by atoms with Crippen LogP contribution < -0.4 is 15.1 Å². The summed E-state index contributed by atoms with van der Waals surface area (Å²) in [6.07, 6.45) is 0. The smallest absolute Gasteiger partial charge is 0.279 e. The number of piperazine rings is 1. The van der Waals surface area contributed by atoms with Crippen LogP contribution in [0.25, 0.3) is 5.69 Å². The molecule has 0 aliphatic carbocycles. The first kappa shape index (κ1) is 20.3. The van der Waals surface area contributed by atoms with Gasteiger partial charge in [0, 0.05) is 6.07 Å². The molecular formula is C22H30N6O2+2. The summed E-state index contributed by atoms with van der Waals surface area (Å²) < 4.78 is 7.04. The SMILES string of the molecule is Cc1cc(C[NH+]2CC[NH+](CC(=O)Nc3c(C)nn(-c4ccccc4)c3C)CC2)no1. The number of anilines is 1. The number of rotatable bonds is 6. The predicted molar refractivity (Wildman–Crippen MR) is 113 cm³/mol. The predicted octanol–water partition coefficient (Wildman–Crippen LogP) is -0.292. The second kappa shape index (κ2) is 8.81. The Labute approximate surface area is 176 Å². The van der Waals surface area contributed by atoms with Gasteiger partial charge >= 0.3 is 0 Å². The number of quaternary nitrogens is 2. The highest BCUT2D eigenvalue weighted by Gasteiger charge is 2.26. The van der Waals surface area contributed by atoms with Crippen molar-refractivity contribution < 1.29 is 19.1 Å². The normalized spacial score (nSPS) is 19.0. The zero-order chi connectivity index (χ0) is 21.1. The molecule has 0 bridgehead atoms. The van der Waals surface area contributed by atoms with Crippen LogP contribution in [-0.4, -0.2) is 53.6 Å². The molecule has 1 aliphatic heterocycles. The minimum Gasteiger partial charge on any atom is -0.361 e. The molecule has 3 heterocycles. The second-order valence-electron chi connectivity index (χ2n) is 8.12. The molecule has 1 saturated heterocycles. The fourth-order valence-corrected chi connectivity index (χ4v) is 4.12. The van der Waals surface area contributed by atoms with E-state index in [2.05, 4.69) is 15.6 Å². The minimum absolute atomic E-state index is 0.0411. The van der Waals surface area contributed by atoms with E-state index in [0.717, 1.165) is 66.9 Å². The molecule has 8 heteroatoms. The third-order valence-electron chi connectivity index (χ3n) is 5.74. The highest BCUT2D eigenvalue weighted by atomic mass is 16.5. The highest BCUT2D eigenvalue weighted by molar-refractivity contribution is 5.92. The number of nitrogens with one attached hydrogen (secondary N) is 3.